The van der Waals surface area contributed by atoms with Gasteiger partial charge in [0.25, 0.3) is 5.56 Å². The Morgan fingerprint density at radius 3 is 2.71 bits per heavy atom. The van der Waals surface area contributed by atoms with Gasteiger partial charge in [0, 0.05) is 54.0 Å². The minimum absolute atomic E-state index is 0.0965. The van der Waals surface area contributed by atoms with E-state index in [9.17, 15) is 9.59 Å². The molecule has 1 aromatic carbocycles. The fraction of sp³-hybridized carbons (Fsp3) is 0.148. The molecule has 8 nitrogen and oxygen atoms in total. The van der Waals surface area contributed by atoms with E-state index in [4.69, 9.17) is 0 Å². The monoisotopic (exact) mass is 466 g/mol. The number of H-pyrrole nitrogens is 1. The van der Waals surface area contributed by atoms with Crippen LogP contribution in [0.2, 0.25) is 0 Å². The van der Waals surface area contributed by atoms with Crippen molar-refractivity contribution in [1.82, 2.24) is 24.8 Å². The SMILES string of the molecule is C=C(C)NC(=O)N1CC=C(c2cc3c(Nc4ccc(=O)n(-c5ccccc5)c4)ccnc3[nH]2)CC1. The van der Waals surface area contributed by atoms with Crippen molar-refractivity contribution in [3.8, 4) is 5.69 Å². The number of nitrogens with zero attached hydrogens (tertiary/aromatic N) is 3. The van der Waals surface area contributed by atoms with Crippen LogP contribution in [0.15, 0.2) is 90.1 Å². The number of aromatic amines is 1. The average Bonchev–Trinajstić information content (AvgIpc) is 3.31. The first-order valence-corrected chi connectivity index (χ1v) is 11.4. The number of hydrogen-bond donors (Lipinski definition) is 3. The summed E-state index contributed by atoms with van der Waals surface area (Å²) in [5, 5.41) is 7.13. The number of benzene rings is 1. The highest BCUT2D eigenvalue weighted by Crippen LogP contribution is 2.30. The third-order valence-corrected chi connectivity index (χ3v) is 5.92. The number of amides is 2. The summed E-state index contributed by atoms with van der Waals surface area (Å²) in [6.45, 7) is 6.65. The normalized spacial score (nSPS) is 13.4. The van der Waals surface area contributed by atoms with Crippen LogP contribution in [0.4, 0.5) is 16.2 Å². The van der Waals surface area contributed by atoms with E-state index in [0.717, 1.165) is 45.8 Å². The lowest BCUT2D eigenvalue weighted by Crippen LogP contribution is -2.41. The Hall–Kier alpha value is -4.59. The van der Waals surface area contributed by atoms with Crippen molar-refractivity contribution in [3.05, 3.63) is 101 Å². The smallest absolute Gasteiger partial charge is 0.321 e. The van der Waals surface area contributed by atoms with Crippen LogP contribution < -0.4 is 16.2 Å². The van der Waals surface area contributed by atoms with E-state index in [1.54, 1.807) is 40.9 Å². The van der Waals surface area contributed by atoms with Crippen LogP contribution in [0.25, 0.3) is 22.3 Å². The number of aromatic nitrogens is 3. The van der Waals surface area contributed by atoms with E-state index in [-0.39, 0.29) is 11.6 Å². The number of pyridine rings is 2. The fourth-order valence-corrected chi connectivity index (χ4v) is 4.18. The van der Waals surface area contributed by atoms with E-state index in [1.165, 1.54) is 0 Å². The minimum Gasteiger partial charge on any atom is -0.354 e. The lowest BCUT2D eigenvalue weighted by molar-refractivity contribution is 0.206. The molecular weight excluding hydrogens is 440 g/mol. The molecule has 0 fully saturated rings. The Kier molecular flexibility index (Phi) is 5.93. The Morgan fingerprint density at radius 2 is 1.97 bits per heavy atom. The number of para-hydroxylation sites is 1. The van der Waals surface area contributed by atoms with Gasteiger partial charge in [0.05, 0.1) is 11.4 Å². The Balaban J connectivity index is 1.40. The molecule has 4 heterocycles. The van der Waals surface area contributed by atoms with Crippen molar-refractivity contribution in [2.24, 2.45) is 0 Å². The maximum absolute atomic E-state index is 12.4. The minimum atomic E-state index is -0.130. The molecule has 35 heavy (non-hydrogen) atoms. The summed E-state index contributed by atoms with van der Waals surface area (Å²) in [6.07, 6.45) is 6.35. The highest BCUT2D eigenvalue weighted by atomic mass is 16.2. The highest BCUT2D eigenvalue weighted by molar-refractivity contribution is 5.94. The van der Waals surface area contributed by atoms with Crippen LogP contribution in [0.5, 0.6) is 0 Å². The quantitative estimate of drug-likeness (QED) is 0.394. The predicted molar refractivity (Wildman–Crippen MR) is 139 cm³/mol. The van der Waals surface area contributed by atoms with Crippen molar-refractivity contribution in [1.29, 1.82) is 0 Å². The van der Waals surface area contributed by atoms with Gasteiger partial charge in [-0.05, 0) is 49.2 Å². The maximum atomic E-state index is 12.4. The molecule has 0 saturated carbocycles. The third-order valence-electron chi connectivity index (χ3n) is 5.92. The van der Waals surface area contributed by atoms with Crippen molar-refractivity contribution < 1.29 is 4.79 Å². The molecule has 0 saturated heterocycles. The molecule has 0 atom stereocenters. The van der Waals surface area contributed by atoms with Gasteiger partial charge in [-0.2, -0.15) is 0 Å². The molecule has 3 aromatic heterocycles. The number of carbonyl (C=O) groups excluding carboxylic acids is 1. The number of anilines is 2. The molecule has 0 bridgehead atoms. The largest absolute Gasteiger partial charge is 0.354 e. The second kappa shape index (κ2) is 9.34. The van der Waals surface area contributed by atoms with Crippen molar-refractivity contribution in [2.75, 3.05) is 18.4 Å². The first-order valence-electron chi connectivity index (χ1n) is 11.4. The summed E-state index contributed by atoms with van der Waals surface area (Å²) >= 11 is 0. The maximum Gasteiger partial charge on any atom is 0.321 e. The lowest BCUT2D eigenvalue weighted by Gasteiger charge is -2.26. The van der Waals surface area contributed by atoms with Gasteiger partial charge in [0.15, 0.2) is 0 Å². The Morgan fingerprint density at radius 1 is 1.14 bits per heavy atom. The number of fused-ring (bicyclic) bond motifs is 1. The number of hydrogen-bond acceptors (Lipinski definition) is 4. The second-order valence-electron chi connectivity index (χ2n) is 8.53. The number of nitrogens with one attached hydrogen (secondary N) is 3. The van der Waals surface area contributed by atoms with Gasteiger partial charge in [-0.25, -0.2) is 9.78 Å². The van der Waals surface area contributed by atoms with Crippen LogP contribution in [-0.4, -0.2) is 38.6 Å². The van der Waals surface area contributed by atoms with Crippen LogP contribution in [0, 0.1) is 0 Å². The van der Waals surface area contributed by atoms with Crippen LogP contribution >= 0.6 is 0 Å². The average molecular weight is 467 g/mol. The molecule has 176 valence electrons. The van der Waals surface area contributed by atoms with Crippen LogP contribution in [-0.2, 0) is 0 Å². The van der Waals surface area contributed by atoms with Crippen LogP contribution in [0.3, 0.4) is 0 Å². The number of rotatable bonds is 5. The van der Waals surface area contributed by atoms with E-state index in [0.29, 0.717) is 18.8 Å². The first kappa shape index (κ1) is 22.2. The molecule has 3 N–H and O–H groups in total. The van der Waals surface area contributed by atoms with E-state index >= 15 is 0 Å². The van der Waals surface area contributed by atoms with E-state index < -0.39 is 0 Å². The molecular formula is C27H26N6O2. The molecule has 0 unspecified atom stereocenters. The second-order valence-corrected chi connectivity index (χ2v) is 8.53. The van der Waals surface area contributed by atoms with Gasteiger partial charge in [0.1, 0.15) is 5.65 Å². The molecule has 1 aliphatic rings. The summed E-state index contributed by atoms with van der Waals surface area (Å²) in [4.78, 5) is 34.3. The zero-order valence-corrected chi connectivity index (χ0v) is 19.4. The number of urea groups is 1. The molecule has 1 aliphatic heterocycles. The van der Waals surface area contributed by atoms with Crippen LogP contribution in [0.1, 0.15) is 19.0 Å². The van der Waals surface area contributed by atoms with Crippen molar-refractivity contribution in [2.45, 2.75) is 13.3 Å². The first-order chi connectivity index (χ1) is 17.0. The molecule has 0 aliphatic carbocycles. The number of allylic oxidation sites excluding steroid dienone is 1. The summed E-state index contributed by atoms with van der Waals surface area (Å²) < 4.78 is 1.62. The summed E-state index contributed by atoms with van der Waals surface area (Å²) in [7, 11) is 0. The molecule has 0 spiro atoms. The summed E-state index contributed by atoms with van der Waals surface area (Å²) in [6, 6.07) is 16.7. The summed E-state index contributed by atoms with van der Waals surface area (Å²) in [5.41, 5.74) is 5.91. The lowest BCUT2D eigenvalue weighted by atomic mass is 10.0. The zero-order valence-electron chi connectivity index (χ0n) is 19.4. The molecule has 8 heteroatoms. The zero-order chi connectivity index (χ0) is 24.4. The van der Waals surface area contributed by atoms with Gasteiger partial charge >= 0.3 is 6.03 Å². The molecule has 2 amide bonds. The summed E-state index contributed by atoms with van der Waals surface area (Å²) in [5.74, 6) is 0. The van der Waals surface area contributed by atoms with Crippen molar-refractivity contribution >= 4 is 34.0 Å². The van der Waals surface area contributed by atoms with Gasteiger partial charge in [0.2, 0.25) is 0 Å². The van der Waals surface area contributed by atoms with Gasteiger partial charge in [-0.1, -0.05) is 30.9 Å². The van der Waals surface area contributed by atoms with Gasteiger partial charge in [-0.15, -0.1) is 0 Å². The highest BCUT2D eigenvalue weighted by Gasteiger charge is 2.19. The van der Waals surface area contributed by atoms with Crippen molar-refractivity contribution in [3.63, 3.8) is 0 Å². The standard InChI is InChI=1S/C27H26N6O2/c1-18(2)29-27(35)32-14-11-19(12-15-32)24-16-22-23(10-13-28-26(22)31-24)30-20-8-9-25(34)33(17-20)21-6-4-3-5-7-21/h3-11,13,16-17H,1,12,14-15H2,2H3,(H,29,35)(H2,28,30,31). The predicted octanol–water partition coefficient (Wildman–Crippen LogP) is 4.79. The third kappa shape index (κ3) is 4.72. The number of carbonyl (C=O) groups is 1. The Bertz CT molecular complexity index is 1500. The molecule has 4 aromatic rings. The van der Waals surface area contributed by atoms with Gasteiger partial charge in [-0.3, -0.25) is 9.36 Å². The van der Waals surface area contributed by atoms with E-state index in [1.807, 2.05) is 36.4 Å². The molecule has 0 radical (unpaired) electrons. The fourth-order valence-electron chi connectivity index (χ4n) is 4.18. The Labute approximate surface area is 202 Å². The van der Waals surface area contributed by atoms with E-state index in [2.05, 4.69) is 39.3 Å². The molecule has 5 rings (SSSR count). The van der Waals surface area contributed by atoms with Gasteiger partial charge < -0.3 is 20.5 Å². The topological polar surface area (TPSA) is 95.1 Å².